The molecule has 34 heavy (non-hydrogen) atoms. The number of methoxy groups -OCH3 is 1. The average Bonchev–Trinajstić information content (AvgIpc) is 3.13. The Morgan fingerprint density at radius 3 is 2.85 bits per heavy atom. The number of amides is 1. The lowest BCUT2D eigenvalue weighted by Gasteiger charge is -2.25. The number of Topliss-reactive ketones (excluding diaryl/α,β-unsaturated/α-hetero) is 1. The second-order valence-electron chi connectivity index (χ2n) is 8.34. The first-order chi connectivity index (χ1) is 16.6. The van der Waals surface area contributed by atoms with Gasteiger partial charge in [-0.05, 0) is 65.9 Å². The van der Waals surface area contributed by atoms with Gasteiger partial charge in [0, 0.05) is 24.5 Å². The zero-order valence-corrected chi connectivity index (χ0v) is 18.7. The van der Waals surface area contributed by atoms with Gasteiger partial charge in [-0.25, -0.2) is 0 Å². The smallest absolute Gasteiger partial charge is 0.295 e. The van der Waals surface area contributed by atoms with Crippen LogP contribution in [-0.2, 0) is 22.6 Å². The fraction of sp³-hybridized carbons (Fsp3) is 0.222. The molecule has 0 radical (unpaired) electrons. The Balaban J connectivity index is 1.64. The number of ketones is 1. The van der Waals surface area contributed by atoms with Gasteiger partial charge in [0.2, 0.25) is 0 Å². The molecule has 1 saturated heterocycles. The highest BCUT2D eigenvalue weighted by molar-refractivity contribution is 6.46. The highest BCUT2D eigenvalue weighted by Crippen LogP contribution is 2.41. The maximum Gasteiger partial charge on any atom is 0.295 e. The van der Waals surface area contributed by atoms with E-state index in [0.29, 0.717) is 23.5 Å². The summed E-state index contributed by atoms with van der Waals surface area (Å²) in [5.41, 5.74) is 2.96. The zero-order chi connectivity index (χ0) is 23.7. The van der Waals surface area contributed by atoms with E-state index < -0.39 is 17.7 Å². The third-order valence-electron chi connectivity index (χ3n) is 6.21. The van der Waals surface area contributed by atoms with Crippen LogP contribution in [0.25, 0.3) is 5.76 Å². The van der Waals surface area contributed by atoms with Crippen molar-refractivity contribution in [3.8, 4) is 11.5 Å². The third kappa shape index (κ3) is 3.90. The van der Waals surface area contributed by atoms with E-state index in [1.165, 1.54) is 4.90 Å². The molecule has 172 valence electrons. The number of hydrogen-bond acceptors (Lipinski definition) is 6. The van der Waals surface area contributed by atoms with Gasteiger partial charge in [-0.1, -0.05) is 18.2 Å². The lowest BCUT2D eigenvalue weighted by molar-refractivity contribution is -0.140. The van der Waals surface area contributed by atoms with Crippen LogP contribution < -0.4 is 9.47 Å². The minimum absolute atomic E-state index is 0.0545. The molecule has 1 unspecified atom stereocenters. The number of ether oxygens (including phenoxy) is 2. The maximum absolute atomic E-state index is 13.3. The van der Waals surface area contributed by atoms with Crippen molar-refractivity contribution in [2.75, 3.05) is 13.7 Å². The average molecular weight is 456 g/mol. The Bertz CT molecular complexity index is 1290. The highest BCUT2D eigenvalue weighted by Gasteiger charge is 2.46. The Kier molecular flexibility index (Phi) is 5.76. The molecule has 0 saturated carbocycles. The van der Waals surface area contributed by atoms with E-state index in [1.807, 2.05) is 18.2 Å². The SMILES string of the molecule is COc1cccc(C2/C(=C(/O)c3ccc4c(c3)CCCO4)C(=O)C(=O)N2Cc2cccnc2)c1. The predicted molar refractivity (Wildman–Crippen MR) is 125 cm³/mol. The summed E-state index contributed by atoms with van der Waals surface area (Å²) in [6.07, 6.45) is 5.02. The number of carbonyl (C=O) groups excluding carboxylic acids is 2. The van der Waals surface area contributed by atoms with Crippen molar-refractivity contribution in [3.63, 3.8) is 0 Å². The molecule has 1 N–H and O–H groups in total. The number of likely N-dealkylation sites (tertiary alicyclic amines) is 1. The summed E-state index contributed by atoms with van der Waals surface area (Å²) >= 11 is 0. The van der Waals surface area contributed by atoms with Crippen LogP contribution in [0, 0.1) is 0 Å². The van der Waals surface area contributed by atoms with Crippen LogP contribution in [0.3, 0.4) is 0 Å². The largest absolute Gasteiger partial charge is 0.507 e. The quantitative estimate of drug-likeness (QED) is 0.354. The molecular formula is C27H24N2O5. The number of aliphatic hydroxyl groups excluding tert-OH is 1. The number of benzene rings is 2. The van der Waals surface area contributed by atoms with Gasteiger partial charge in [-0.2, -0.15) is 0 Å². The van der Waals surface area contributed by atoms with E-state index in [-0.39, 0.29) is 17.9 Å². The van der Waals surface area contributed by atoms with Gasteiger partial charge in [0.25, 0.3) is 11.7 Å². The van der Waals surface area contributed by atoms with Crippen molar-refractivity contribution in [2.24, 2.45) is 0 Å². The van der Waals surface area contributed by atoms with Crippen molar-refractivity contribution < 1.29 is 24.2 Å². The molecule has 2 aliphatic heterocycles. The fourth-order valence-corrected chi connectivity index (χ4v) is 4.55. The lowest BCUT2D eigenvalue weighted by atomic mass is 9.93. The molecule has 5 rings (SSSR count). The second-order valence-corrected chi connectivity index (χ2v) is 8.34. The molecule has 3 aromatic rings. The lowest BCUT2D eigenvalue weighted by Crippen LogP contribution is -2.29. The van der Waals surface area contributed by atoms with E-state index in [2.05, 4.69) is 4.98 Å². The molecule has 1 amide bonds. The number of pyridine rings is 1. The van der Waals surface area contributed by atoms with Gasteiger partial charge in [-0.15, -0.1) is 0 Å². The molecular weight excluding hydrogens is 432 g/mol. The standard InChI is InChI=1S/C27H24N2O5/c1-33-21-8-2-6-19(14-21)24-23(25(30)20-9-10-22-18(13-20)7-4-12-34-22)26(31)27(32)29(24)16-17-5-3-11-28-15-17/h2-3,5-6,8-11,13-15,24,30H,4,7,12,16H2,1H3/b25-23-. The Morgan fingerprint density at radius 1 is 1.18 bits per heavy atom. The third-order valence-corrected chi connectivity index (χ3v) is 6.21. The van der Waals surface area contributed by atoms with E-state index in [9.17, 15) is 14.7 Å². The van der Waals surface area contributed by atoms with Crippen molar-refractivity contribution >= 4 is 17.4 Å². The summed E-state index contributed by atoms with van der Waals surface area (Å²) in [5.74, 6) is -0.213. The van der Waals surface area contributed by atoms with Gasteiger partial charge in [0.1, 0.15) is 17.3 Å². The molecule has 1 fully saturated rings. The Hall–Kier alpha value is -4.13. The summed E-state index contributed by atoms with van der Waals surface area (Å²) in [4.78, 5) is 32.0. The first kappa shape index (κ1) is 21.7. The predicted octanol–water partition coefficient (Wildman–Crippen LogP) is 4.04. The van der Waals surface area contributed by atoms with E-state index >= 15 is 0 Å². The molecule has 2 aromatic carbocycles. The number of nitrogens with zero attached hydrogens (tertiary/aromatic N) is 2. The topological polar surface area (TPSA) is 89.0 Å². The van der Waals surface area contributed by atoms with Crippen LogP contribution in [0.2, 0.25) is 0 Å². The van der Waals surface area contributed by atoms with Crippen molar-refractivity contribution in [1.29, 1.82) is 0 Å². The van der Waals surface area contributed by atoms with Crippen LogP contribution in [0.5, 0.6) is 11.5 Å². The molecule has 7 heteroatoms. The summed E-state index contributed by atoms with van der Waals surface area (Å²) in [7, 11) is 1.56. The van der Waals surface area contributed by atoms with Gasteiger partial charge < -0.3 is 19.5 Å². The fourth-order valence-electron chi connectivity index (χ4n) is 4.55. The first-order valence-electron chi connectivity index (χ1n) is 11.1. The maximum atomic E-state index is 13.3. The number of rotatable bonds is 5. The van der Waals surface area contributed by atoms with Crippen LogP contribution in [0.4, 0.5) is 0 Å². The number of carbonyl (C=O) groups is 2. The molecule has 0 spiro atoms. The highest BCUT2D eigenvalue weighted by atomic mass is 16.5. The summed E-state index contributed by atoms with van der Waals surface area (Å²) in [6.45, 7) is 0.836. The molecule has 3 heterocycles. The number of aromatic nitrogens is 1. The number of aryl methyl sites for hydroxylation is 1. The summed E-state index contributed by atoms with van der Waals surface area (Å²) < 4.78 is 11.0. The van der Waals surface area contributed by atoms with Crippen LogP contribution in [0.15, 0.2) is 72.6 Å². The van der Waals surface area contributed by atoms with E-state index in [1.54, 1.807) is 55.9 Å². The monoisotopic (exact) mass is 456 g/mol. The van der Waals surface area contributed by atoms with E-state index in [4.69, 9.17) is 9.47 Å². The van der Waals surface area contributed by atoms with Crippen LogP contribution in [-0.4, -0.2) is 40.4 Å². The normalized spacial score (nSPS) is 19.0. The van der Waals surface area contributed by atoms with Crippen molar-refractivity contribution in [2.45, 2.75) is 25.4 Å². The Morgan fingerprint density at radius 2 is 2.06 bits per heavy atom. The number of hydrogen-bond donors (Lipinski definition) is 1. The van der Waals surface area contributed by atoms with Gasteiger partial charge in [0.05, 0.1) is 25.3 Å². The first-order valence-corrected chi connectivity index (χ1v) is 11.1. The van der Waals surface area contributed by atoms with Crippen molar-refractivity contribution in [3.05, 3.63) is 94.8 Å². The van der Waals surface area contributed by atoms with Crippen molar-refractivity contribution in [1.82, 2.24) is 9.88 Å². The molecule has 0 bridgehead atoms. The minimum Gasteiger partial charge on any atom is -0.507 e. The minimum atomic E-state index is -0.775. The van der Waals surface area contributed by atoms with Gasteiger partial charge in [0.15, 0.2) is 0 Å². The van der Waals surface area contributed by atoms with Gasteiger partial charge in [-0.3, -0.25) is 14.6 Å². The molecule has 0 aliphatic carbocycles. The molecule has 7 nitrogen and oxygen atoms in total. The number of aliphatic hydroxyl groups is 1. The molecule has 1 atom stereocenters. The van der Waals surface area contributed by atoms with Crippen LogP contribution in [0.1, 0.15) is 34.7 Å². The van der Waals surface area contributed by atoms with Crippen LogP contribution >= 0.6 is 0 Å². The zero-order valence-electron chi connectivity index (χ0n) is 18.7. The molecule has 1 aromatic heterocycles. The Labute approximate surface area is 197 Å². The number of fused-ring (bicyclic) bond motifs is 1. The molecule has 2 aliphatic rings. The summed E-state index contributed by atoms with van der Waals surface area (Å²) in [5, 5.41) is 11.3. The van der Waals surface area contributed by atoms with E-state index in [0.717, 1.165) is 29.7 Å². The summed E-state index contributed by atoms with van der Waals surface area (Å²) in [6, 6.07) is 15.4. The second kappa shape index (κ2) is 9.02. The van der Waals surface area contributed by atoms with Gasteiger partial charge >= 0.3 is 0 Å².